The van der Waals surface area contributed by atoms with E-state index in [1.807, 2.05) is 48.5 Å². The van der Waals surface area contributed by atoms with Gasteiger partial charge >= 0.3 is 0 Å². The lowest BCUT2D eigenvalue weighted by atomic mass is 10.1. The van der Waals surface area contributed by atoms with Gasteiger partial charge in [-0.05, 0) is 30.2 Å². The monoisotopic (exact) mass is 367 g/mol. The largest absolute Gasteiger partial charge is 0.494 e. The van der Waals surface area contributed by atoms with Crippen molar-refractivity contribution < 1.29 is 19.0 Å². The Morgan fingerprint density at radius 3 is 2.52 bits per heavy atom. The number of nitrogens with zero attached hydrogens (tertiary/aromatic N) is 1. The van der Waals surface area contributed by atoms with Gasteiger partial charge in [0.15, 0.2) is 0 Å². The van der Waals surface area contributed by atoms with Crippen molar-refractivity contribution in [3.8, 4) is 5.75 Å². The third-order valence-electron chi connectivity index (χ3n) is 5.05. The summed E-state index contributed by atoms with van der Waals surface area (Å²) in [5.41, 5.74) is 2.68. The number of ether oxygens (including phenoxy) is 3. The summed E-state index contributed by atoms with van der Waals surface area (Å²) in [5, 5.41) is 0. The number of unbranched alkanes of at least 4 members (excludes halogenated alkanes) is 2. The predicted octanol–water partition coefficient (Wildman–Crippen LogP) is 4.00. The summed E-state index contributed by atoms with van der Waals surface area (Å²) in [5.74, 6) is -0.554. The number of carbonyl (C=O) groups is 1. The average Bonchev–Trinajstić information content (AvgIpc) is 3.28. The predicted molar refractivity (Wildman–Crippen MR) is 103 cm³/mol. The summed E-state index contributed by atoms with van der Waals surface area (Å²) in [6, 6.07) is 15.6. The molecule has 1 amide bonds. The zero-order valence-corrected chi connectivity index (χ0v) is 15.6. The lowest BCUT2D eigenvalue weighted by molar-refractivity contribution is -0.180. The van der Waals surface area contributed by atoms with E-state index in [1.165, 1.54) is 12.8 Å². The third kappa shape index (κ3) is 3.33. The smallest absolute Gasteiger partial charge is 0.292 e. The van der Waals surface area contributed by atoms with Crippen LogP contribution < -0.4 is 9.64 Å². The Labute approximate surface area is 159 Å². The van der Waals surface area contributed by atoms with E-state index >= 15 is 0 Å². The zero-order chi connectivity index (χ0) is 18.7. The number of anilines is 1. The Morgan fingerprint density at radius 2 is 1.78 bits per heavy atom. The Morgan fingerprint density at radius 1 is 1.04 bits per heavy atom. The molecule has 4 rings (SSSR count). The third-order valence-corrected chi connectivity index (χ3v) is 5.05. The average molecular weight is 367 g/mol. The number of rotatable bonds is 7. The fourth-order valence-electron chi connectivity index (χ4n) is 3.65. The fourth-order valence-corrected chi connectivity index (χ4v) is 3.65. The van der Waals surface area contributed by atoms with Crippen LogP contribution in [-0.4, -0.2) is 25.7 Å². The lowest BCUT2D eigenvalue weighted by Gasteiger charge is -2.22. The van der Waals surface area contributed by atoms with E-state index in [0.717, 1.165) is 35.6 Å². The van der Waals surface area contributed by atoms with E-state index in [0.29, 0.717) is 19.8 Å². The Hall–Kier alpha value is -2.37. The number of amides is 1. The first kappa shape index (κ1) is 18.0. The van der Waals surface area contributed by atoms with Gasteiger partial charge in [-0.1, -0.05) is 50.1 Å². The van der Waals surface area contributed by atoms with Crippen LogP contribution in [0.2, 0.25) is 0 Å². The Kier molecular flexibility index (Phi) is 5.14. The minimum Gasteiger partial charge on any atom is -0.494 e. The molecule has 0 radical (unpaired) electrons. The van der Waals surface area contributed by atoms with Gasteiger partial charge in [0, 0.05) is 5.56 Å². The number of carbonyl (C=O) groups excluding carboxylic acids is 1. The van der Waals surface area contributed by atoms with E-state index in [-0.39, 0.29) is 5.91 Å². The molecule has 5 nitrogen and oxygen atoms in total. The molecule has 2 aliphatic rings. The van der Waals surface area contributed by atoms with Crippen molar-refractivity contribution in [2.75, 3.05) is 24.7 Å². The molecule has 0 bridgehead atoms. The number of para-hydroxylation sites is 1. The van der Waals surface area contributed by atoms with Gasteiger partial charge in [-0.25, -0.2) is 0 Å². The second-order valence-corrected chi connectivity index (χ2v) is 6.92. The second-order valence-electron chi connectivity index (χ2n) is 6.92. The maximum absolute atomic E-state index is 13.1. The van der Waals surface area contributed by atoms with Gasteiger partial charge in [0.2, 0.25) is 0 Å². The van der Waals surface area contributed by atoms with Gasteiger partial charge in [0.05, 0.1) is 32.1 Å². The molecule has 142 valence electrons. The summed E-state index contributed by atoms with van der Waals surface area (Å²) in [6.45, 7) is 4.25. The molecule has 5 heteroatoms. The highest BCUT2D eigenvalue weighted by atomic mass is 16.7. The molecule has 1 saturated heterocycles. The number of fused-ring (bicyclic) bond motifs is 2. The maximum atomic E-state index is 13.1. The molecule has 2 heterocycles. The van der Waals surface area contributed by atoms with E-state index in [4.69, 9.17) is 14.2 Å². The van der Waals surface area contributed by atoms with Crippen LogP contribution >= 0.6 is 0 Å². The van der Waals surface area contributed by atoms with Crippen LogP contribution in [0.3, 0.4) is 0 Å². The normalized spacial score (nSPS) is 17.5. The number of hydrogen-bond acceptors (Lipinski definition) is 4. The van der Waals surface area contributed by atoms with Crippen LogP contribution in [0.1, 0.15) is 37.3 Å². The quantitative estimate of drug-likeness (QED) is 0.694. The molecule has 0 atom stereocenters. The van der Waals surface area contributed by atoms with Gasteiger partial charge in [-0.3, -0.25) is 4.79 Å². The van der Waals surface area contributed by atoms with Gasteiger partial charge in [-0.15, -0.1) is 0 Å². The van der Waals surface area contributed by atoms with Crippen molar-refractivity contribution >= 4 is 11.6 Å². The minimum absolute atomic E-state index is 0.152. The number of benzene rings is 2. The highest BCUT2D eigenvalue weighted by molar-refractivity contribution is 6.06. The molecule has 0 aliphatic carbocycles. The SMILES string of the molecule is CCCCCOc1ccc(CN2C(=O)C3(OCCO3)c3ccccc32)cc1. The van der Waals surface area contributed by atoms with Gasteiger partial charge in [0.1, 0.15) is 5.75 Å². The molecule has 0 N–H and O–H groups in total. The maximum Gasteiger partial charge on any atom is 0.292 e. The summed E-state index contributed by atoms with van der Waals surface area (Å²) >= 11 is 0. The molecule has 27 heavy (non-hydrogen) atoms. The highest BCUT2D eigenvalue weighted by Crippen LogP contribution is 2.46. The molecular weight excluding hydrogens is 342 g/mol. The topological polar surface area (TPSA) is 48.0 Å². The van der Waals surface area contributed by atoms with E-state index in [9.17, 15) is 4.79 Å². The minimum atomic E-state index is -1.26. The zero-order valence-electron chi connectivity index (χ0n) is 15.6. The summed E-state index contributed by atoms with van der Waals surface area (Å²) in [7, 11) is 0. The van der Waals surface area contributed by atoms with Crippen LogP contribution in [0.15, 0.2) is 48.5 Å². The van der Waals surface area contributed by atoms with Crippen LogP contribution in [-0.2, 0) is 26.6 Å². The first-order chi connectivity index (χ1) is 13.2. The Bertz CT molecular complexity index is 796. The molecule has 2 aromatic rings. The van der Waals surface area contributed by atoms with Crippen molar-refractivity contribution in [2.45, 2.75) is 38.5 Å². The second kappa shape index (κ2) is 7.71. The molecular formula is C22H25NO4. The molecule has 2 aromatic carbocycles. The van der Waals surface area contributed by atoms with E-state index in [2.05, 4.69) is 6.92 Å². The van der Waals surface area contributed by atoms with Crippen molar-refractivity contribution in [3.63, 3.8) is 0 Å². The van der Waals surface area contributed by atoms with Crippen molar-refractivity contribution in [2.24, 2.45) is 0 Å². The summed E-state index contributed by atoms with van der Waals surface area (Å²) in [4.78, 5) is 14.9. The highest BCUT2D eigenvalue weighted by Gasteiger charge is 2.55. The van der Waals surface area contributed by atoms with Crippen molar-refractivity contribution in [3.05, 3.63) is 59.7 Å². The molecule has 0 aromatic heterocycles. The molecule has 1 spiro atoms. The summed E-state index contributed by atoms with van der Waals surface area (Å²) in [6.07, 6.45) is 3.43. The van der Waals surface area contributed by atoms with E-state index < -0.39 is 5.79 Å². The molecule has 0 saturated carbocycles. The first-order valence-electron chi connectivity index (χ1n) is 9.66. The lowest BCUT2D eigenvalue weighted by Crippen LogP contribution is -2.40. The fraction of sp³-hybridized carbons (Fsp3) is 0.409. The van der Waals surface area contributed by atoms with Crippen molar-refractivity contribution in [1.29, 1.82) is 0 Å². The van der Waals surface area contributed by atoms with Crippen LogP contribution in [0.25, 0.3) is 0 Å². The number of hydrogen-bond donors (Lipinski definition) is 0. The standard InChI is InChI=1S/C22H25NO4/c1-2-3-6-13-25-18-11-9-17(10-12-18)16-23-20-8-5-4-7-19(20)22(21(23)24)26-14-15-27-22/h4-5,7-12H,2-3,6,13-16H2,1H3. The van der Waals surface area contributed by atoms with Crippen LogP contribution in [0.5, 0.6) is 5.75 Å². The van der Waals surface area contributed by atoms with Gasteiger partial charge in [-0.2, -0.15) is 0 Å². The van der Waals surface area contributed by atoms with E-state index in [1.54, 1.807) is 4.90 Å². The summed E-state index contributed by atoms with van der Waals surface area (Å²) < 4.78 is 17.3. The first-order valence-corrected chi connectivity index (χ1v) is 9.66. The van der Waals surface area contributed by atoms with Crippen LogP contribution in [0.4, 0.5) is 5.69 Å². The van der Waals surface area contributed by atoms with Gasteiger partial charge in [0.25, 0.3) is 11.7 Å². The molecule has 2 aliphatic heterocycles. The molecule has 1 fully saturated rings. The van der Waals surface area contributed by atoms with Crippen molar-refractivity contribution in [1.82, 2.24) is 0 Å². The van der Waals surface area contributed by atoms with Crippen LogP contribution in [0, 0.1) is 0 Å². The van der Waals surface area contributed by atoms with Gasteiger partial charge < -0.3 is 19.1 Å². The Balaban J connectivity index is 1.49. The molecule has 0 unspecified atom stereocenters.